The largest absolute Gasteiger partial charge is 0.460 e. The van der Waals surface area contributed by atoms with E-state index in [9.17, 15) is 9.59 Å². The van der Waals surface area contributed by atoms with Crippen LogP contribution in [0.1, 0.15) is 44.6 Å². The normalized spacial score (nSPS) is 33.8. The van der Waals surface area contributed by atoms with Gasteiger partial charge in [0.25, 0.3) is 0 Å². The summed E-state index contributed by atoms with van der Waals surface area (Å²) in [5, 5.41) is 2.86. The summed E-state index contributed by atoms with van der Waals surface area (Å²) in [5.74, 6) is -0.161. The lowest BCUT2D eigenvalue weighted by Crippen LogP contribution is -2.63. The molecule has 1 aliphatic carbocycles. The lowest BCUT2D eigenvalue weighted by atomic mass is 9.71. The molecule has 0 radical (unpaired) electrons. The van der Waals surface area contributed by atoms with Crippen LogP contribution in [0.2, 0.25) is 0 Å². The molecule has 0 aromatic heterocycles. The first kappa shape index (κ1) is 18.9. The van der Waals surface area contributed by atoms with Crippen molar-refractivity contribution in [2.45, 2.75) is 63.6 Å². The SMILES string of the molecule is CO[C@@H]1O[C@@H]2CC[C@H](c3ccccc3)C[C@H]2[C@H](OC(C)=O)[C@H]1NC(C)=O. The second kappa shape index (κ2) is 8.18. The molecule has 1 aromatic carbocycles. The highest BCUT2D eigenvalue weighted by Gasteiger charge is 2.50. The number of fused-ring (bicyclic) bond motifs is 1. The van der Waals surface area contributed by atoms with Crippen molar-refractivity contribution >= 4 is 11.9 Å². The van der Waals surface area contributed by atoms with E-state index in [-0.39, 0.29) is 23.9 Å². The second-order valence-corrected chi connectivity index (χ2v) is 7.16. The van der Waals surface area contributed by atoms with Crippen LogP contribution >= 0.6 is 0 Å². The molecule has 0 spiro atoms. The van der Waals surface area contributed by atoms with Crippen LogP contribution in [0.5, 0.6) is 0 Å². The van der Waals surface area contributed by atoms with Gasteiger partial charge in [-0.1, -0.05) is 30.3 Å². The minimum atomic E-state index is -0.627. The predicted octanol–water partition coefficient (Wildman–Crippen LogP) is 2.38. The molecule has 142 valence electrons. The zero-order chi connectivity index (χ0) is 18.7. The van der Waals surface area contributed by atoms with E-state index in [2.05, 4.69) is 17.4 Å². The van der Waals surface area contributed by atoms with Gasteiger partial charge in [-0.2, -0.15) is 0 Å². The predicted molar refractivity (Wildman–Crippen MR) is 95.4 cm³/mol. The highest BCUT2D eigenvalue weighted by Crippen LogP contribution is 2.44. The summed E-state index contributed by atoms with van der Waals surface area (Å²) in [5.41, 5.74) is 1.29. The van der Waals surface area contributed by atoms with Crippen LogP contribution in [0.25, 0.3) is 0 Å². The van der Waals surface area contributed by atoms with E-state index < -0.39 is 18.4 Å². The van der Waals surface area contributed by atoms with Crippen LogP contribution in [-0.4, -0.2) is 43.5 Å². The molecule has 1 saturated carbocycles. The van der Waals surface area contributed by atoms with Crippen molar-refractivity contribution in [3.05, 3.63) is 35.9 Å². The topological polar surface area (TPSA) is 73.9 Å². The smallest absolute Gasteiger partial charge is 0.302 e. The van der Waals surface area contributed by atoms with E-state index in [4.69, 9.17) is 14.2 Å². The Morgan fingerprint density at radius 2 is 1.88 bits per heavy atom. The van der Waals surface area contributed by atoms with Gasteiger partial charge >= 0.3 is 5.97 Å². The number of amides is 1. The van der Waals surface area contributed by atoms with Gasteiger partial charge in [-0.25, -0.2) is 0 Å². The molecule has 2 aliphatic rings. The Bertz CT molecular complexity index is 634. The Morgan fingerprint density at radius 3 is 2.50 bits per heavy atom. The molecule has 1 aromatic rings. The van der Waals surface area contributed by atoms with E-state index in [0.29, 0.717) is 5.92 Å². The summed E-state index contributed by atoms with van der Waals surface area (Å²) in [6, 6.07) is 9.86. The number of esters is 1. The molecule has 6 heteroatoms. The van der Waals surface area contributed by atoms with E-state index in [1.165, 1.54) is 19.4 Å². The Kier molecular flexibility index (Phi) is 5.94. The quantitative estimate of drug-likeness (QED) is 0.834. The van der Waals surface area contributed by atoms with E-state index in [1.807, 2.05) is 18.2 Å². The summed E-state index contributed by atoms with van der Waals surface area (Å²) >= 11 is 0. The van der Waals surface area contributed by atoms with Crippen molar-refractivity contribution in [3.8, 4) is 0 Å². The molecule has 2 fully saturated rings. The number of carbonyl (C=O) groups excluding carboxylic acids is 2. The van der Waals surface area contributed by atoms with Gasteiger partial charge in [0.05, 0.1) is 6.10 Å². The fourth-order valence-electron chi connectivity index (χ4n) is 4.34. The van der Waals surface area contributed by atoms with Gasteiger partial charge in [0.15, 0.2) is 6.29 Å². The third-order valence-corrected chi connectivity index (χ3v) is 5.39. The van der Waals surface area contributed by atoms with Gasteiger partial charge < -0.3 is 19.5 Å². The highest BCUT2D eigenvalue weighted by atomic mass is 16.7. The molecule has 26 heavy (non-hydrogen) atoms. The van der Waals surface area contributed by atoms with Crippen LogP contribution in [0.4, 0.5) is 0 Å². The number of ether oxygens (including phenoxy) is 3. The van der Waals surface area contributed by atoms with Gasteiger partial charge in [0, 0.05) is 26.9 Å². The fourth-order valence-corrected chi connectivity index (χ4v) is 4.34. The number of rotatable bonds is 4. The van der Waals surface area contributed by atoms with Crippen molar-refractivity contribution in [2.24, 2.45) is 5.92 Å². The minimum absolute atomic E-state index is 0.0149. The molecular weight excluding hydrogens is 334 g/mol. The molecule has 0 bridgehead atoms. The number of methoxy groups -OCH3 is 1. The summed E-state index contributed by atoms with van der Waals surface area (Å²) < 4.78 is 17.2. The Morgan fingerprint density at radius 1 is 1.15 bits per heavy atom. The fraction of sp³-hybridized carbons (Fsp3) is 0.600. The maximum atomic E-state index is 11.7. The van der Waals surface area contributed by atoms with Gasteiger partial charge in [0.2, 0.25) is 5.91 Å². The van der Waals surface area contributed by atoms with Gasteiger partial charge in [-0.15, -0.1) is 0 Å². The number of hydrogen-bond donors (Lipinski definition) is 1. The monoisotopic (exact) mass is 361 g/mol. The molecule has 1 aliphatic heterocycles. The number of benzene rings is 1. The van der Waals surface area contributed by atoms with Crippen LogP contribution in [0, 0.1) is 5.92 Å². The Balaban J connectivity index is 1.86. The van der Waals surface area contributed by atoms with Gasteiger partial charge in [-0.3, -0.25) is 9.59 Å². The van der Waals surface area contributed by atoms with Crippen molar-refractivity contribution in [1.82, 2.24) is 5.32 Å². The minimum Gasteiger partial charge on any atom is -0.460 e. The maximum Gasteiger partial charge on any atom is 0.302 e. The first-order chi connectivity index (χ1) is 12.5. The van der Waals surface area contributed by atoms with E-state index in [1.54, 1.807) is 7.11 Å². The molecule has 1 heterocycles. The van der Waals surface area contributed by atoms with Crippen molar-refractivity contribution in [3.63, 3.8) is 0 Å². The Hall–Kier alpha value is -1.92. The molecule has 3 rings (SSSR count). The average molecular weight is 361 g/mol. The average Bonchev–Trinajstić information content (AvgIpc) is 2.63. The number of hydrogen-bond acceptors (Lipinski definition) is 5. The molecule has 6 atom stereocenters. The third-order valence-electron chi connectivity index (χ3n) is 5.39. The van der Waals surface area contributed by atoms with Crippen LogP contribution in [0.3, 0.4) is 0 Å². The lowest BCUT2D eigenvalue weighted by Gasteiger charge is -2.49. The zero-order valence-electron chi connectivity index (χ0n) is 15.5. The summed E-state index contributed by atoms with van der Waals surface area (Å²) in [4.78, 5) is 23.4. The number of nitrogens with one attached hydrogen (secondary N) is 1. The summed E-state index contributed by atoms with van der Waals surface area (Å²) in [7, 11) is 1.54. The van der Waals surface area contributed by atoms with Crippen molar-refractivity contribution in [1.29, 1.82) is 0 Å². The van der Waals surface area contributed by atoms with Crippen LogP contribution in [0.15, 0.2) is 30.3 Å². The van der Waals surface area contributed by atoms with Crippen molar-refractivity contribution in [2.75, 3.05) is 7.11 Å². The third kappa shape index (κ3) is 4.07. The number of carbonyl (C=O) groups is 2. The first-order valence-electron chi connectivity index (χ1n) is 9.17. The van der Waals surface area contributed by atoms with Gasteiger partial charge in [0.1, 0.15) is 12.1 Å². The summed E-state index contributed by atoms with van der Waals surface area (Å²) in [6.07, 6.45) is 1.59. The standard InChI is InChI=1S/C20H27NO5/c1-12(22)21-18-19(25-13(2)23)16-11-15(14-7-5-4-6-8-14)9-10-17(16)26-20(18)24-3/h4-8,15-20H,9-11H2,1-3H3,(H,21,22)/t15-,16+,17+,18+,19-,20+/m0/s1. The second-order valence-electron chi connectivity index (χ2n) is 7.16. The Labute approximate surface area is 154 Å². The summed E-state index contributed by atoms with van der Waals surface area (Å²) in [6.45, 7) is 2.84. The van der Waals surface area contributed by atoms with Crippen LogP contribution in [-0.2, 0) is 23.8 Å². The molecule has 1 amide bonds. The van der Waals surface area contributed by atoms with Crippen LogP contribution < -0.4 is 5.32 Å². The first-order valence-corrected chi connectivity index (χ1v) is 9.17. The lowest BCUT2D eigenvalue weighted by molar-refractivity contribution is -0.254. The van der Waals surface area contributed by atoms with E-state index >= 15 is 0 Å². The zero-order valence-corrected chi connectivity index (χ0v) is 15.5. The molecule has 6 nitrogen and oxygen atoms in total. The van der Waals surface area contributed by atoms with Gasteiger partial charge in [-0.05, 0) is 30.7 Å². The van der Waals surface area contributed by atoms with Crippen molar-refractivity contribution < 1.29 is 23.8 Å². The maximum absolute atomic E-state index is 11.7. The molecule has 1 saturated heterocycles. The highest BCUT2D eigenvalue weighted by molar-refractivity contribution is 5.73. The molecule has 0 unspecified atom stereocenters. The van der Waals surface area contributed by atoms with E-state index in [0.717, 1.165) is 19.3 Å². The molecular formula is C20H27NO5. The molecule has 1 N–H and O–H groups in total.